The minimum atomic E-state index is -1.08. The highest BCUT2D eigenvalue weighted by Crippen LogP contribution is 2.46. The lowest BCUT2D eigenvalue weighted by atomic mass is 9.76. The molecule has 2 aliphatic heterocycles. The number of hydrogen-bond donors (Lipinski definition) is 1. The maximum absolute atomic E-state index is 12.0. The Labute approximate surface area is 164 Å². The van der Waals surface area contributed by atoms with E-state index in [0.29, 0.717) is 11.7 Å². The molecule has 1 aromatic heterocycles. The summed E-state index contributed by atoms with van der Waals surface area (Å²) in [5.41, 5.74) is 1.28. The van der Waals surface area contributed by atoms with Crippen LogP contribution in [0.4, 0.5) is 5.82 Å². The second-order valence-electron chi connectivity index (χ2n) is 7.91. The Morgan fingerprint density at radius 3 is 2.54 bits per heavy atom. The topological polar surface area (TPSA) is 86.6 Å². The summed E-state index contributed by atoms with van der Waals surface area (Å²) < 4.78 is 0. The number of carboxylic acid groups (broad SMARTS) is 1. The van der Waals surface area contributed by atoms with Gasteiger partial charge in [-0.2, -0.15) is 0 Å². The van der Waals surface area contributed by atoms with Crippen LogP contribution in [0.3, 0.4) is 0 Å². The summed E-state index contributed by atoms with van der Waals surface area (Å²) in [7, 11) is 0. The van der Waals surface area contributed by atoms with Crippen LogP contribution in [0.15, 0.2) is 42.5 Å². The number of rotatable bonds is 5. The lowest BCUT2D eigenvalue weighted by Gasteiger charge is -2.29. The molecule has 0 aliphatic carbocycles. The first kappa shape index (κ1) is 18.4. The second-order valence-corrected chi connectivity index (χ2v) is 7.91. The highest BCUT2D eigenvalue weighted by molar-refractivity contribution is 5.85. The van der Waals surface area contributed by atoms with Gasteiger partial charge < -0.3 is 14.9 Å². The monoisotopic (exact) mass is 380 g/mol. The van der Waals surface area contributed by atoms with E-state index in [2.05, 4.69) is 39.4 Å². The van der Waals surface area contributed by atoms with Gasteiger partial charge in [-0.15, -0.1) is 10.2 Å². The summed E-state index contributed by atoms with van der Waals surface area (Å²) in [5, 5.41) is 17.0. The molecule has 2 aromatic rings. The second kappa shape index (κ2) is 7.22. The van der Waals surface area contributed by atoms with E-state index in [9.17, 15) is 9.59 Å². The Hall–Kier alpha value is -2.96. The Morgan fingerprint density at radius 1 is 1.11 bits per heavy atom. The van der Waals surface area contributed by atoms with Crippen LogP contribution in [-0.2, 0) is 11.2 Å². The SMILES string of the molecule is CC(=O)N1CC2CN(c3ccc(C(=O)O)nn3)CC2(CCc2ccccc2)C1. The van der Waals surface area contributed by atoms with E-state index < -0.39 is 5.97 Å². The highest BCUT2D eigenvalue weighted by atomic mass is 16.4. The molecule has 7 heteroatoms. The number of benzene rings is 1. The first-order valence-electron chi connectivity index (χ1n) is 9.58. The molecule has 2 saturated heterocycles. The Bertz CT molecular complexity index is 871. The maximum atomic E-state index is 12.0. The third-order valence-corrected chi connectivity index (χ3v) is 6.15. The van der Waals surface area contributed by atoms with E-state index in [0.717, 1.165) is 39.0 Å². The van der Waals surface area contributed by atoms with Gasteiger partial charge in [0.05, 0.1) is 0 Å². The average Bonchev–Trinajstić information content (AvgIpc) is 3.22. The van der Waals surface area contributed by atoms with E-state index in [-0.39, 0.29) is 17.0 Å². The average molecular weight is 380 g/mol. The van der Waals surface area contributed by atoms with Crippen LogP contribution in [0.5, 0.6) is 0 Å². The van der Waals surface area contributed by atoms with E-state index >= 15 is 0 Å². The normalized spacial score (nSPS) is 23.7. The van der Waals surface area contributed by atoms with Gasteiger partial charge in [-0.05, 0) is 30.5 Å². The first-order valence-corrected chi connectivity index (χ1v) is 9.58. The lowest BCUT2D eigenvalue weighted by Crippen LogP contribution is -2.36. The fourth-order valence-electron chi connectivity index (χ4n) is 4.60. The highest BCUT2D eigenvalue weighted by Gasteiger charge is 2.52. The molecule has 7 nitrogen and oxygen atoms in total. The third kappa shape index (κ3) is 3.44. The standard InChI is InChI=1S/C21H24N4O3/c1-15(26)24-11-17-12-25(19-8-7-18(20(27)28)22-23-19)14-21(17,13-24)10-9-16-5-3-2-4-6-16/h2-8,17H,9-14H2,1H3,(H,27,28). The van der Waals surface area contributed by atoms with Crippen molar-refractivity contribution in [3.05, 3.63) is 53.7 Å². The third-order valence-electron chi connectivity index (χ3n) is 6.15. The van der Waals surface area contributed by atoms with Gasteiger partial charge in [0.15, 0.2) is 11.5 Å². The van der Waals surface area contributed by atoms with Crippen molar-refractivity contribution in [1.82, 2.24) is 15.1 Å². The van der Waals surface area contributed by atoms with E-state index in [1.165, 1.54) is 11.6 Å². The summed E-state index contributed by atoms with van der Waals surface area (Å²) in [5.74, 6) is 0.133. The molecule has 2 aliphatic rings. The molecule has 28 heavy (non-hydrogen) atoms. The number of aryl methyl sites for hydroxylation is 1. The van der Waals surface area contributed by atoms with Crippen molar-refractivity contribution < 1.29 is 14.7 Å². The van der Waals surface area contributed by atoms with Gasteiger partial charge in [-0.25, -0.2) is 4.79 Å². The maximum Gasteiger partial charge on any atom is 0.356 e. The molecule has 0 spiro atoms. The van der Waals surface area contributed by atoms with Gasteiger partial charge in [0, 0.05) is 44.4 Å². The number of aromatic nitrogens is 2. The van der Waals surface area contributed by atoms with Crippen LogP contribution < -0.4 is 4.90 Å². The molecule has 1 amide bonds. The fraction of sp³-hybridized carbons (Fsp3) is 0.429. The van der Waals surface area contributed by atoms with E-state index in [1.54, 1.807) is 13.0 Å². The number of amides is 1. The number of nitrogens with zero attached hydrogens (tertiary/aromatic N) is 4. The van der Waals surface area contributed by atoms with Crippen molar-refractivity contribution >= 4 is 17.7 Å². The number of fused-ring (bicyclic) bond motifs is 1. The quantitative estimate of drug-likeness (QED) is 0.855. The van der Waals surface area contributed by atoms with Gasteiger partial charge in [0.2, 0.25) is 5.91 Å². The predicted octanol–water partition coefficient (Wildman–Crippen LogP) is 2.09. The zero-order chi connectivity index (χ0) is 19.7. The largest absolute Gasteiger partial charge is 0.476 e. The van der Waals surface area contributed by atoms with Gasteiger partial charge in [-0.3, -0.25) is 4.79 Å². The Balaban J connectivity index is 1.54. The van der Waals surface area contributed by atoms with E-state index in [1.807, 2.05) is 11.0 Å². The van der Waals surface area contributed by atoms with Crippen LogP contribution in [0.25, 0.3) is 0 Å². The molecule has 3 heterocycles. The molecule has 0 radical (unpaired) electrons. The minimum absolute atomic E-state index is 0.0225. The van der Waals surface area contributed by atoms with Crippen molar-refractivity contribution in [3.63, 3.8) is 0 Å². The number of likely N-dealkylation sites (tertiary alicyclic amines) is 1. The minimum Gasteiger partial charge on any atom is -0.476 e. The van der Waals surface area contributed by atoms with Crippen molar-refractivity contribution in [2.75, 3.05) is 31.1 Å². The van der Waals surface area contributed by atoms with Crippen LogP contribution in [0.1, 0.15) is 29.4 Å². The molecule has 1 N–H and O–H groups in total. The smallest absolute Gasteiger partial charge is 0.356 e. The summed E-state index contributed by atoms with van der Waals surface area (Å²) in [4.78, 5) is 27.1. The fourth-order valence-corrected chi connectivity index (χ4v) is 4.60. The number of carboxylic acids is 1. The van der Waals surface area contributed by atoms with Crippen LogP contribution in [0, 0.1) is 11.3 Å². The molecule has 0 bridgehead atoms. The van der Waals surface area contributed by atoms with Crippen molar-refractivity contribution in [2.24, 2.45) is 11.3 Å². The zero-order valence-corrected chi connectivity index (χ0v) is 15.9. The molecule has 2 fully saturated rings. The molecule has 2 unspecified atom stereocenters. The predicted molar refractivity (Wildman–Crippen MR) is 104 cm³/mol. The number of carbonyl (C=O) groups excluding carboxylic acids is 1. The number of carbonyl (C=O) groups is 2. The molecule has 0 saturated carbocycles. The lowest BCUT2D eigenvalue weighted by molar-refractivity contribution is -0.128. The summed E-state index contributed by atoms with van der Waals surface area (Å²) >= 11 is 0. The van der Waals surface area contributed by atoms with Crippen LogP contribution >= 0.6 is 0 Å². The summed E-state index contributed by atoms with van der Waals surface area (Å²) in [6.45, 7) is 4.77. The molecule has 4 rings (SSSR count). The van der Waals surface area contributed by atoms with Crippen molar-refractivity contribution in [3.8, 4) is 0 Å². The van der Waals surface area contributed by atoms with Crippen LogP contribution in [0.2, 0.25) is 0 Å². The van der Waals surface area contributed by atoms with Gasteiger partial charge >= 0.3 is 5.97 Å². The Kier molecular flexibility index (Phi) is 4.75. The van der Waals surface area contributed by atoms with Crippen molar-refractivity contribution in [1.29, 1.82) is 0 Å². The summed E-state index contributed by atoms with van der Waals surface area (Å²) in [6, 6.07) is 13.7. The van der Waals surface area contributed by atoms with Crippen LogP contribution in [-0.4, -0.2) is 58.3 Å². The first-order chi connectivity index (χ1) is 13.5. The van der Waals surface area contributed by atoms with E-state index in [4.69, 9.17) is 5.11 Å². The molecular weight excluding hydrogens is 356 g/mol. The number of aromatic carboxylic acids is 1. The Morgan fingerprint density at radius 2 is 1.89 bits per heavy atom. The summed E-state index contributed by atoms with van der Waals surface area (Å²) in [6.07, 6.45) is 1.98. The molecule has 2 atom stereocenters. The zero-order valence-electron chi connectivity index (χ0n) is 15.9. The molecule has 146 valence electrons. The van der Waals surface area contributed by atoms with Gasteiger partial charge in [0.25, 0.3) is 0 Å². The molecular formula is C21H24N4O3. The number of anilines is 1. The van der Waals surface area contributed by atoms with Crippen molar-refractivity contribution in [2.45, 2.75) is 19.8 Å². The van der Waals surface area contributed by atoms with Gasteiger partial charge in [0.1, 0.15) is 0 Å². The number of hydrogen-bond acceptors (Lipinski definition) is 5. The molecule has 1 aromatic carbocycles. The van der Waals surface area contributed by atoms with Gasteiger partial charge in [-0.1, -0.05) is 30.3 Å².